The van der Waals surface area contributed by atoms with Gasteiger partial charge in [-0.25, -0.2) is 4.98 Å². The number of nitrogens with zero attached hydrogens (tertiary/aromatic N) is 5. The Morgan fingerprint density at radius 3 is 2.86 bits per heavy atom. The van der Waals surface area contributed by atoms with Gasteiger partial charge in [0.15, 0.2) is 0 Å². The lowest BCUT2D eigenvalue weighted by Gasteiger charge is -2.35. The number of likely N-dealkylation sites (tertiary alicyclic amines) is 1. The molecule has 3 fully saturated rings. The summed E-state index contributed by atoms with van der Waals surface area (Å²) in [4.78, 5) is 29.7. The lowest BCUT2D eigenvalue weighted by atomic mass is 9.81. The van der Waals surface area contributed by atoms with E-state index >= 15 is 0 Å². The van der Waals surface area contributed by atoms with E-state index < -0.39 is 0 Å². The van der Waals surface area contributed by atoms with E-state index in [0.717, 1.165) is 93.5 Å². The maximum atomic E-state index is 14.3. The van der Waals surface area contributed by atoms with Crippen LogP contribution in [-0.2, 0) is 6.42 Å². The first-order valence-electron chi connectivity index (χ1n) is 15.4. The number of nitrogens with one attached hydrogen (secondary N) is 1. The molecule has 6 rings (SSSR count). The fourth-order valence-electron chi connectivity index (χ4n) is 6.85. The minimum absolute atomic E-state index is 0.144. The average molecular weight is 608 g/mol. The summed E-state index contributed by atoms with van der Waals surface area (Å²) in [6, 6.07) is 4.63. The van der Waals surface area contributed by atoms with E-state index in [2.05, 4.69) is 44.4 Å². The van der Waals surface area contributed by atoms with E-state index in [0.29, 0.717) is 41.8 Å². The number of nitrogens with two attached hydrogens (primary N) is 1. The quantitative estimate of drug-likeness (QED) is 0.250. The number of aryl methyl sites for hydroxylation is 1. The second kappa shape index (κ2) is 12.2. The van der Waals surface area contributed by atoms with Crippen molar-refractivity contribution in [3.05, 3.63) is 39.2 Å². The Kier molecular flexibility index (Phi) is 8.57. The molecule has 3 N–H and O–H groups in total. The number of likely N-dealkylation sites (N-methyl/N-ethyl adjacent to an activating group) is 1. The van der Waals surface area contributed by atoms with E-state index in [9.17, 15) is 10.1 Å². The Hall–Kier alpha value is -2.57. The monoisotopic (exact) mass is 607 g/mol. The maximum Gasteiger partial charge on any atom is 0.228 e. The summed E-state index contributed by atoms with van der Waals surface area (Å²) in [7, 11) is 4.83. The minimum Gasteiger partial charge on any atom is -0.476 e. The van der Waals surface area contributed by atoms with Crippen molar-refractivity contribution in [3.63, 3.8) is 0 Å². The number of carbonyl (C=O) groups excluding carboxylic acids is 1. The van der Waals surface area contributed by atoms with Crippen LogP contribution < -0.4 is 25.3 Å². The molecule has 2 aromatic rings. The highest BCUT2D eigenvalue weighted by Gasteiger charge is 2.46. The SMILES string of the molecule is CCC/C(C(=O)c1nc(OC[C@@H]2CCCN2C)cc(N2CCNC3(CC3)C2)n1)=C(/N)[C@H]1CCCc2sc(P)c(C#N)c21. The van der Waals surface area contributed by atoms with Crippen molar-refractivity contribution in [1.29, 1.82) is 5.26 Å². The van der Waals surface area contributed by atoms with Gasteiger partial charge in [0, 0.05) is 64.0 Å². The third-order valence-corrected chi connectivity index (χ3v) is 11.2. The molecule has 2 aromatic heterocycles. The molecular weight excluding hydrogens is 565 g/mol. The third-order valence-electron chi connectivity index (χ3n) is 9.44. The molecule has 4 heterocycles. The number of anilines is 1. The molecule has 2 saturated heterocycles. The van der Waals surface area contributed by atoms with Crippen LogP contribution in [0.3, 0.4) is 0 Å². The van der Waals surface area contributed by atoms with Crippen LogP contribution in [-0.4, -0.2) is 72.1 Å². The van der Waals surface area contributed by atoms with Crippen molar-refractivity contribution in [1.82, 2.24) is 20.2 Å². The summed E-state index contributed by atoms with van der Waals surface area (Å²) in [6.45, 7) is 6.21. The molecular formula is C31H42N7O2PS. The van der Waals surface area contributed by atoms with Crippen molar-refractivity contribution in [2.24, 2.45) is 5.73 Å². The smallest absolute Gasteiger partial charge is 0.228 e. The standard InChI is InChI=1S/C31H42N7O2PS/c1-3-6-21(27(33)20-8-4-9-23-26(20)22(16-32)30(41)42-23)28(39)29-35-24(38-14-12-34-31(18-38)10-11-31)15-25(36-29)40-17-19-7-5-13-37(19)2/h15,19-20,34H,3-14,17-18,33,41H2,1-2H3/b27-21-/t19-,20-/m0/s1. The number of ketones is 1. The highest BCUT2D eigenvalue weighted by molar-refractivity contribution is 7.43. The van der Waals surface area contributed by atoms with Crippen molar-refractivity contribution >= 4 is 36.8 Å². The number of fused-ring (bicyclic) bond motifs is 1. The first-order valence-corrected chi connectivity index (χ1v) is 16.8. The second-order valence-electron chi connectivity index (χ2n) is 12.4. The number of piperazine rings is 1. The first-order chi connectivity index (χ1) is 20.3. The topological polar surface area (TPSA) is 120 Å². The zero-order valence-electron chi connectivity index (χ0n) is 24.7. The number of hydrogen-bond donors (Lipinski definition) is 2. The van der Waals surface area contributed by atoms with E-state index in [4.69, 9.17) is 20.4 Å². The fourth-order valence-corrected chi connectivity index (χ4v) is 8.62. The maximum absolute atomic E-state index is 14.3. The van der Waals surface area contributed by atoms with Crippen LogP contribution >= 0.6 is 20.6 Å². The molecule has 0 radical (unpaired) electrons. The van der Waals surface area contributed by atoms with E-state index in [1.807, 2.05) is 6.07 Å². The Bertz CT molecular complexity index is 1430. The van der Waals surface area contributed by atoms with Gasteiger partial charge in [0.1, 0.15) is 18.5 Å². The third kappa shape index (κ3) is 5.81. The Morgan fingerprint density at radius 2 is 2.14 bits per heavy atom. The van der Waals surface area contributed by atoms with Crippen LogP contribution in [0.25, 0.3) is 0 Å². The van der Waals surface area contributed by atoms with Crippen LogP contribution in [0.1, 0.15) is 90.8 Å². The van der Waals surface area contributed by atoms with Gasteiger partial charge in [-0.15, -0.1) is 11.3 Å². The van der Waals surface area contributed by atoms with Crippen molar-refractivity contribution in [2.75, 3.05) is 44.7 Å². The van der Waals surface area contributed by atoms with E-state index in [1.54, 1.807) is 11.3 Å². The summed E-state index contributed by atoms with van der Waals surface area (Å²) >= 11 is 1.66. The summed E-state index contributed by atoms with van der Waals surface area (Å²) in [5, 5.41) is 13.6. The number of carbonyl (C=O) groups is 1. The lowest BCUT2D eigenvalue weighted by Crippen LogP contribution is -2.52. The Balaban J connectivity index is 1.36. The molecule has 3 atom stereocenters. The van der Waals surface area contributed by atoms with E-state index in [1.165, 1.54) is 4.88 Å². The number of ether oxygens (including phenoxy) is 1. The van der Waals surface area contributed by atoms with Gasteiger partial charge < -0.3 is 25.6 Å². The zero-order chi connectivity index (χ0) is 29.4. The number of thiophene rings is 1. The predicted molar refractivity (Wildman–Crippen MR) is 170 cm³/mol. The molecule has 1 saturated carbocycles. The molecule has 4 aliphatic rings. The highest BCUT2D eigenvalue weighted by Crippen LogP contribution is 2.42. The lowest BCUT2D eigenvalue weighted by molar-refractivity contribution is 0.101. The second-order valence-corrected chi connectivity index (χ2v) is 14.5. The van der Waals surface area contributed by atoms with Crippen molar-refractivity contribution in [2.45, 2.75) is 82.2 Å². The molecule has 2 aliphatic heterocycles. The molecule has 42 heavy (non-hydrogen) atoms. The largest absolute Gasteiger partial charge is 0.476 e. The molecule has 224 valence electrons. The van der Waals surface area contributed by atoms with Gasteiger partial charge >= 0.3 is 0 Å². The first kappa shape index (κ1) is 29.5. The van der Waals surface area contributed by atoms with Gasteiger partial charge in [-0.1, -0.05) is 22.6 Å². The number of Topliss-reactive ketones (excluding diaryl/α,β-unsaturated/α-hetero) is 1. The van der Waals surface area contributed by atoms with Crippen molar-refractivity contribution in [3.8, 4) is 11.9 Å². The summed E-state index contributed by atoms with van der Waals surface area (Å²) in [6.07, 6.45) is 8.61. The zero-order valence-corrected chi connectivity index (χ0v) is 26.7. The van der Waals surface area contributed by atoms with Gasteiger partial charge in [0.05, 0.1) is 5.56 Å². The normalized spacial score (nSPS) is 23.8. The number of aromatic nitrogens is 2. The van der Waals surface area contributed by atoms with Crippen molar-refractivity contribution < 1.29 is 9.53 Å². The Labute approximate surface area is 255 Å². The summed E-state index contributed by atoms with van der Waals surface area (Å²) in [5.41, 5.74) is 9.90. The van der Waals surface area contributed by atoms with Gasteiger partial charge in [-0.3, -0.25) is 4.79 Å². The molecule has 11 heteroatoms. The van der Waals surface area contributed by atoms with Gasteiger partial charge in [0.2, 0.25) is 17.5 Å². The van der Waals surface area contributed by atoms with Crippen LogP contribution in [0.5, 0.6) is 5.88 Å². The molecule has 1 unspecified atom stereocenters. The van der Waals surface area contributed by atoms with Gasteiger partial charge in [0.25, 0.3) is 0 Å². The molecule has 2 aliphatic carbocycles. The van der Waals surface area contributed by atoms with Crippen LogP contribution in [0, 0.1) is 11.3 Å². The van der Waals surface area contributed by atoms with Gasteiger partial charge in [-0.05, 0) is 70.5 Å². The molecule has 0 amide bonds. The van der Waals surface area contributed by atoms with Gasteiger partial charge in [-0.2, -0.15) is 10.2 Å². The predicted octanol–water partition coefficient (Wildman–Crippen LogP) is 3.64. The molecule has 9 nitrogen and oxygen atoms in total. The van der Waals surface area contributed by atoms with Crippen LogP contribution in [0.4, 0.5) is 5.82 Å². The van der Waals surface area contributed by atoms with Crippen LogP contribution in [0.15, 0.2) is 17.3 Å². The minimum atomic E-state index is -0.234. The fraction of sp³-hybridized carbons (Fsp3) is 0.613. The average Bonchev–Trinajstić information content (AvgIpc) is 3.45. The van der Waals surface area contributed by atoms with Crippen LogP contribution in [0.2, 0.25) is 0 Å². The number of hydrogen-bond acceptors (Lipinski definition) is 10. The number of rotatable bonds is 9. The molecule has 0 aromatic carbocycles. The summed E-state index contributed by atoms with van der Waals surface area (Å²) < 4.78 is 7.22. The van der Waals surface area contributed by atoms with E-state index in [-0.39, 0.29) is 23.1 Å². The Morgan fingerprint density at radius 1 is 1.31 bits per heavy atom. The summed E-state index contributed by atoms with van der Waals surface area (Å²) in [5.74, 6) is 0.938. The molecule has 0 bridgehead atoms. The number of nitriles is 1. The highest BCUT2D eigenvalue weighted by atomic mass is 32.1. The molecule has 1 spiro atoms. The number of allylic oxidation sites excluding steroid dienone is 2.